The molecular formula is C18H20FN3O3. The van der Waals surface area contributed by atoms with Gasteiger partial charge in [-0.3, -0.25) is 15.0 Å². The molecule has 0 spiro atoms. The minimum Gasteiger partial charge on any atom is -0.492 e. The molecule has 0 aliphatic carbocycles. The van der Waals surface area contributed by atoms with E-state index in [4.69, 9.17) is 10.5 Å². The summed E-state index contributed by atoms with van der Waals surface area (Å²) in [7, 11) is 1.74. The SMILES string of the molecule is CN(CCOc1ccc(F)cc1)C(C(=O)NC(N)=O)c1ccccc1. The summed E-state index contributed by atoms with van der Waals surface area (Å²) in [6.45, 7) is 0.693. The van der Waals surface area contributed by atoms with Gasteiger partial charge in [0, 0.05) is 6.54 Å². The third-order valence-corrected chi connectivity index (χ3v) is 3.58. The standard InChI is InChI=1S/C18H20FN3O3/c1-22(11-12-25-15-9-7-14(19)8-10-15)16(17(23)21-18(20)24)13-5-3-2-4-6-13/h2-10,16H,11-12H2,1H3,(H3,20,21,23,24). The number of primary amides is 1. The number of imide groups is 1. The van der Waals surface area contributed by atoms with Gasteiger partial charge >= 0.3 is 6.03 Å². The van der Waals surface area contributed by atoms with E-state index < -0.39 is 18.0 Å². The Hall–Kier alpha value is -2.93. The molecule has 1 unspecified atom stereocenters. The second-order valence-corrected chi connectivity index (χ2v) is 5.45. The highest BCUT2D eigenvalue weighted by Crippen LogP contribution is 2.19. The molecule has 2 rings (SSSR count). The van der Waals surface area contributed by atoms with Crippen molar-refractivity contribution in [2.24, 2.45) is 5.73 Å². The Morgan fingerprint density at radius 2 is 1.80 bits per heavy atom. The number of carbonyl (C=O) groups is 2. The van der Waals surface area contributed by atoms with Crippen LogP contribution in [-0.4, -0.2) is 37.0 Å². The first-order valence-electron chi connectivity index (χ1n) is 7.71. The van der Waals surface area contributed by atoms with Crippen LogP contribution in [0.4, 0.5) is 9.18 Å². The van der Waals surface area contributed by atoms with Gasteiger partial charge < -0.3 is 10.5 Å². The minimum absolute atomic E-state index is 0.287. The fraction of sp³-hybridized carbons (Fsp3) is 0.222. The number of carbonyl (C=O) groups excluding carboxylic acids is 2. The molecule has 2 aromatic carbocycles. The second-order valence-electron chi connectivity index (χ2n) is 5.45. The summed E-state index contributed by atoms with van der Waals surface area (Å²) in [6, 6.07) is 13.1. The minimum atomic E-state index is -0.901. The number of amides is 3. The zero-order valence-electron chi connectivity index (χ0n) is 13.8. The number of ether oxygens (including phenoxy) is 1. The fourth-order valence-corrected chi connectivity index (χ4v) is 2.40. The van der Waals surface area contributed by atoms with E-state index in [1.807, 2.05) is 18.2 Å². The molecule has 2 aromatic rings. The van der Waals surface area contributed by atoms with Crippen molar-refractivity contribution in [2.75, 3.05) is 20.2 Å². The van der Waals surface area contributed by atoms with E-state index >= 15 is 0 Å². The van der Waals surface area contributed by atoms with Crippen LogP contribution in [0.3, 0.4) is 0 Å². The van der Waals surface area contributed by atoms with Crippen LogP contribution in [0, 0.1) is 5.82 Å². The summed E-state index contributed by atoms with van der Waals surface area (Å²) < 4.78 is 18.4. The Morgan fingerprint density at radius 3 is 2.40 bits per heavy atom. The van der Waals surface area contributed by atoms with Crippen LogP contribution in [0.15, 0.2) is 54.6 Å². The molecule has 3 amide bonds. The molecule has 0 radical (unpaired) electrons. The smallest absolute Gasteiger partial charge is 0.318 e. The molecule has 25 heavy (non-hydrogen) atoms. The summed E-state index contributed by atoms with van der Waals surface area (Å²) in [5.74, 6) is -0.313. The van der Waals surface area contributed by atoms with Crippen molar-refractivity contribution in [3.63, 3.8) is 0 Å². The highest BCUT2D eigenvalue weighted by molar-refractivity contribution is 5.96. The first-order valence-corrected chi connectivity index (χ1v) is 7.71. The average Bonchev–Trinajstić information content (AvgIpc) is 2.57. The van der Waals surface area contributed by atoms with Crippen LogP contribution in [0.5, 0.6) is 5.75 Å². The Bertz CT molecular complexity index is 707. The third-order valence-electron chi connectivity index (χ3n) is 3.58. The molecule has 3 N–H and O–H groups in total. The first-order chi connectivity index (χ1) is 12.0. The van der Waals surface area contributed by atoms with Crippen LogP contribution in [0.25, 0.3) is 0 Å². The molecule has 0 saturated carbocycles. The number of hydrogen-bond acceptors (Lipinski definition) is 4. The Morgan fingerprint density at radius 1 is 1.16 bits per heavy atom. The molecule has 132 valence electrons. The second kappa shape index (κ2) is 8.79. The highest BCUT2D eigenvalue weighted by Gasteiger charge is 2.25. The number of urea groups is 1. The van der Waals surface area contributed by atoms with E-state index in [0.29, 0.717) is 12.3 Å². The largest absolute Gasteiger partial charge is 0.492 e. The van der Waals surface area contributed by atoms with Crippen molar-refractivity contribution in [2.45, 2.75) is 6.04 Å². The van der Waals surface area contributed by atoms with E-state index in [9.17, 15) is 14.0 Å². The lowest BCUT2D eigenvalue weighted by molar-refractivity contribution is -0.125. The van der Waals surface area contributed by atoms with Crippen molar-refractivity contribution in [3.8, 4) is 5.75 Å². The van der Waals surface area contributed by atoms with E-state index in [0.717, 1.165) is 5.56 Å². The number of benzene rings is 2. The van der Waals surface area contributed by atoms with E-state index in [1.165, 1.54) is 24.3 Å². The van der Waals surface area contributed by atoms with Crippen molar-refractivity contribution in [1.82, 2.24) is 10.2 Å². The molecule has 7 heteroatoms. The highest BCUT2D eigenvalue weighted by atomic mass is 19.1. The molecule has 0 saturated heterocycles. The van der Waals surface area contributed by atoms with Gasteiger partial charge in [-0.1, -0.05) is 30.3 Å². The molecule has 0 aliphatic rings. The third kappa shape index (κ3) is 5.58. The normalized spacial score (nSPS) is 11.8. The summed E-state index contributed by atoms with van der Waals surface area (Å²) in [4.78, 5) is 25.1. The monoisotopic (exact) mass is 345 g/mol. The van der Waals surface area contributed by atoms with Crippen molar-refractivity contribution in [1.29, 1.82) is 0 Å². The summed E-state index contributed by atoms with van der Waals surface area (Å²) >= 11 is 0. The maximum absolute atomic E-state index is 12.9. The van der Waals surface area contributed by atoms with Gasteiger partial charge in [0.15, 0.2) is 0 Å². The predicted molar refractivity (Wildman–Crippen MR) is 91.4 cm³/mol. The summed E-state index contributed by atoms with van der Waals surface area (Å²) in [5, 5.41) is 2.11. The fourth-order valence-electron chi connectivity index (χ4n) is 2.40. The lowest BCUT2D eigenvalue weighted by atomic mass is 10.0. The Balaban J connectivity index is 2.01. The number of hydrogen-bond donors (Lipinski definition) is 2. The van der Waals surface area contributed by atoms with Gasteiger partial charge in [-0.2, -0.15) is 0 Å². The maximum atomic E-state index is 12.9. The van der Waals surface area contributed by atoms with Gasteiger partial charge in [0.2, 0.25) is 5.91 Å². The molecule has 0 heterocycles. The molecule has 0 aliphatic heterocycles. The average molecular weight is 345 g/mol. The van der Waals surface area contributed by atoms with Crippen LogP contribution in [0.1, 0.15) is 11.6 Å². The number of nitrogens with two attached hydrogens (primary N) is 1. The zero-order chi connectivity index (χ0) is 18.2. The van der Waals surface area contributed by atoms with Gasteiger partial charge in [0.1, 0.15) is 24.2 Å². The number of likely N-dealkylation sites (N-methyl/N-ethyl adjacent to an activating group) is 1. The van der Waals surface area contributed by atoms with Gasteiger partial charge in [0.25, 0.3) is 0 Å². The molecule has 0 aromatic heterocycles. The zero-order valence-corrected chi connectivity index (χ0v) is 13.8. The molecule has 1 atom stereocenters. The lowest BCUT2D eigenvalue weighted by Crippen LogP contribution is -2.44. The van der Waals surface area contributed by atoms with Crippen molar-refractivity contribution in [3.05, 3.63) is 66.0 Å². The first kappa shape index (κ1) is 18.4. The number of rotatable bonds is 7. The van der Waals surface area contributed by atoms with Crippen LogP contribution >= 0.6 is 0 Å². The summed E-state index contributed by atoms with van der Waals surface area (Å²) in [5.41, 5.74) is 5.78. The van der Waals surface area contributed by atoms with E-state index in [-0.39, 0.29) is 12.4 Å². The van der Waals surface area contributed by atoms with E-state index in [1.54, 1.807) is 24.1 Å². The number of halogens is 1. The Kier molecular flexibility index (Phi) is 6.47. The maximum Gasteiger partial charge on any atom is 0.318 e. The lowest BCUT2D eigenvalue weighted by Gasteiger charge is -2.27. The molecule has 6 nitrogen and oxygen atoms in total. The van der Waals surface area contributed by atoms with Crippen molar-refractivity contribution < 1.29 is 18.7 Å². The topological polar surface area (TPSA) is 84.7 Å². The molecule has 0 fully saturated rings. The van der Waals surface area contributed by atoms with Crippen molar-refractivity contribution >= 4 is 11.9 Å². The van der Waals surface area contributed by atoms with Gasteiger partial charge in [0.05, 0.1) is 0 Å². The predicted octanol–water partition coefficient (Wildman–Crippen LogP) is 2.07. The van der Waals surface area contributed by atoms with Crippen LogP contribution in [0.2, 0.25) is 0 Å². The number of nitrogens with zero attached hydrogens (tertiary/aromatic N) is 1. The van der Waals surface area contributed by atoms with Gasteiger partial charge in [-0.15, -0.1) is 0 Å². The van der Waals surface area contributed by atoms with E-state index in [2.05, 4.69) is 5.32 Å². The van der Waals surface area contributed by atoms with Crippen LogP contribution < -0.4 is 15.8 Å². The molecular weight excluding hydrogens is 325 g/mol. The van der Waals surface area contributed by atoms with Gasteiger partial charge in [-0.25, -0.2) is 9.18 Å². The quantitative estimate of drug-likeness (QED) is 0.804. The molecule has 0 bridgehead atoms. The van der Waals surface area contributed by atoms with Gasteiger partial charge in [-0.05, 0) is 36.9 Å². The number of nitrogens with one attached hydrogen (secondary N) is 1. The summed E-state index contributed by atoms with van der Waals surface area (Å²) in [6.07, 6.45) is 0. The van der Waals surface area contributed by atoms with Crippen LogP contribution in [-0.2, 0) is 4.79 Å². The Labute approximate surface area is 145 Å².